The predicted octanol–water partition coefficient (Wildman–Crippen LogP) is 5.39. The molecule has 0 unspecified atom stereocenters. The van der Waals surface area contributed by atoms with Gasteiger partial charge in [-0.2, -0.15) is 0 Å². The van der Waals surface area contributed by atoms with Crippen LogP contribution in [0.3, 0.4) is 0 Å². The number of ketones is 1. The lowest BCUT2D eigenvalue weighted by Crippen LogP contribution is -2.45. The number of aromatic nitrogens is 1. The molecule has 0 aliphatic carbocycles. The van der Waals surface area contributed by atoms with Gasteiger partial charge in [0.15, 0.2) is 5.78 Å². The number of likely N-dealkylation sites (tertiary alicyclic amines) is 1. The van der Waals surface area contributed by atoms with E-state index in [2.05, 4.69) is 4.98 Å². The monoisotopic (exact) mass is 494 g/mol. The SMILES string of the molecule is CCOC(=O)c1cc2cc(CC(=O)[C@@H]3[C@@H](c4ccc(F)cc4)CCN3C(=O)OC(C)(C)C)ccc2[nH]1. The van der Waals surface area contributed by atoms with Crippen LogP contribution in [0.4, 0.5) is 9.18 Å². The number of nitrogens with zero attached hydrogens (tertiary/aromatic N) is 1. The van der Waals surface area contributed by atoms with E-state index in [1.54, 1.807) is 45.9 Å². The molecule has 1 amide bonds. The lowest BCUT2D eigenvalue weighted by molar-refractivity contribution is -0.123. The maximum atomic E-state index is 13.7. The van der Waals surface area contributed by atoms with Crippen molar-refractivity contribution in [1.82, 2.24) is 9.88 Å². The van der Waals surface area contributed by atoms with Gasteiger partial charge in [-0.25, -0.2) is 14.0 Å². The number of aromatic amines is 1. The molecule has 1 N–H and O–H groups in total. The van der Waals surface area contributed by atoms with E-state index >= 15 is 0 Å². The van der Waals surface area contributed by atoms with Crippen molar-refractivity contribution in [3.8, 4) is 0 Å². The summed E-state index contributed by atoms with van der Waals surface area (Å²) >= 11 is 0. The van der Waals surface area contributed by atoms with Gasteiger partial charge in [0.25, 0.3) is 0 Å². The molecule has 1 fully saturated rings. The van der Waals surface area contributed by atoms with Crippen molar-refractivity contribution < 1.29 is 28.2 Å². The van der Waals surface area contributed by atoms with Gasteiger partial charge in [0.05, 0.1) is 6.61 Å². The maximum Gasteiger partial charge on any atom is 0.410 e. The van der Waals surface area contributed by atoms with Crippen LogP contribution < -0.4 is 0 Å². The Balaban J connectivity index is 1.60. The first kappa shape index (κ1) is 25.4. The topological polar surface area (TPSA) is 88.7 Å². The van der Waals surface area contributed by atoms with Gasteiger partial charge in [-0.15, -0.1) is 0 Å². The van der Waals surface area contributed by atoms with Crippen molar-refractivity contribution in [3.63, 3.8) is 0 Å². The molecular formula is C28H31FN2O5. The fraction of sp³-hybridized carbons (Fsp3) is 0.393. The minimum atomic E-state index is -0.734. The highest BCUT2D eigenvalue weighted by atomic mass is 19.1. The zero-order valence-electron chi connectivity index (χ0n) is 21.0. The minimum Gasteiger partial charge on any atom is -0.461 e. The summed E-state index contributed by atoms with van der Waals surface area (Å²) in [5.74, 6) is -1.19. The predicted molar refractivity (Wildman–Crippen MR) is 133 cm³/mol. The molecule has 2 atom stereocenters. The van der Waals surface area contributed by atoms with Crippen molar-refractivity contribution in [2.24, 2.45) is 0 Å². The fourth-order valence-corrected chi connectivity index (χ4v) is 4.69. The number of amides is 1. The van der Waals surface area contributed by atoms with Gasteiger partial charge in [-0.3, -0.25) is 9.69 Å². The standard InChI is InChI=1S/C28H31FN2O5/c1-5-35-26(33)23-16-19-14-17(6-11-22(19)30-23)15-24(32)25-21(18-7-9-20(29)10-8-18)12-13-31(25)27(34)36-28(2,3)4/h6-11,14,16,21,25,30H,5,12-13,15H2,1-4H3/t21-,25+/m1/s1. The molecule has 0 bridgehead atoms. The Bertz CT molecular complexity index is 1280. The first-order valence-corrected chi connectivity index (χ1v) is 12.1. The highest BCUT2D eigenvalue weighted by Crippen LogP contribution is 2.36. The van der Waals surface area contributed by atoms with Gasteiger partial charge >= 0.3 is 12.1 Å². The molecule has 190 valence electrons. The van der Waals surface area contributed by atoms with Crippen LogP contribution in [0.25, 0.3) is 10.9 Å². The second kappa shape index (κ2) is 10.1. The van der Waals surface area contributed by atoms with E-state index in [0.717, 1.165) is 22.0 Å². The summed E-state index contributed by atoms with van der Waals surface area (Å²) in [4.78, 5) is 43.3. The number of nitrogens with one attached hydrogen (secondary N) is 1. The molecule has 36 heavy (non-hydrogen) atoms. The van der Waals surface area contributed by atoms with Gasteiger partial charge in [0, 0.05) is 29.8 Å². The summed E-state index contributed by atoms with van der Waals surface area (Å²) in [6.45, 7) is 7.74. The van der Waals surface area contributed by atoms with Crippen molar-refractivity contribution in [2.45, 2.75) is 58.1 Å². The summed E-state index contributed by atoms with van der Waals surface area (Å²) < 4.78 is 24.2. The Kier molecular flexibility index (Phi) is 7.15. The molecule has 4 rings (SSSR count). The van der Waals surface area contributed by atoms with Crippen molar-refractivity contribution in [3.05, 3.63) is 71.2 Å². The van der Waals surface area contributed by atoms with Crippen LogP contribution in [0, 0.1) is 5.82 Å². The molecule has 8 heteroatoms. The van der Waals surface area contributed by atoms with Gasteiger partial charge in [-0.1, -0.05) is 18.2 Å². The average molecular weight is 495 g/mol. The third-order valence-corrected chi connectivity index (χ3v) is 6.21. The fourth-order valence-electron chi connectivity index (χ4n) is 4.69. The molecule has 1 aliphatic rings. The van der Waals surface area contributed by atoms with Gasteiger partial charge in [0.2, 0.25) is 0 Å². The number of Topliss-reactive ketones (excluding diaryl/α,β-unsaturated/α-hetero) is 1. The molecule has 7 nitrogen and oxygen atoms in total. The van der Waals surface area contributed by atoms with E-state index in [0.29, 0.717) is 18.7 Å². The van der Waals surface area contributed by atoms with Crippen LogP contribution in [0.1, 0.15) is 61.6 Å². The summed E-state index contributed by atoms with van der Waals surface area (Å²) in [5.41, 5.74) is 1.97. The highest BCUT2D eigenvalue weighted by molar-refractivity contribution is 5.96. The van der Waals surface area contributed by atoms with Gasteiger partial charge in [0.1, 0.15) is 23.2 Å². The largest absolute Gasteiger partial charge is 0.461 e. The van der Waals surface area contributed by atoms with E-state index in [1.807, 2.05) is 18.2 Å². The van der Waals surface area contributed by atoms with Gasteiger partial charge in [-0.05, 0) is 75.6 Å². The molecule has 3 aromatic rings. The van der Waals surface area contributed by atoms with Crippen LogP contribution in [0.15, 0.2) is 48.5 Å². The Morgan fingerprint density at radius 1 is 1.08 bits per heavy atom. The van der Waals surface area contributed by atoms with E-state index < -0.39 is 23.7 Å². The number of carbonyl (C=O) groups excluding carboxylic acids is 3. The van der Waals surface area contributed by atoms with Crippen molar-refractivity contribution in [2.75, 3.05) is 13.2 Å². The highest BCUT2D eigenvalue weighted by Gasteiger charge is 2.43. The number of esters is 1. The lowest BCUT2D eigenvalue weighted by atomic mass is 9.87. The quantitative estimate of drug-likeness (QED) is 0.464. The van der Waals surface area contributed by atoms with Crippen LogP contribution in [0.5, 0.6) is 0 Å². The Morgan fingerprint density at radius 2 is 1.81 bits per heavy atom. The number of halogens is 1. The number of fused-ring (bicyclic) bond motifs is 1. The number of carbonyl (C=O) groups is 3. The second-order valence-corrected chi connectivity index (χ2v) is 10.0. The first-order valence-electron chi connectivity index (χ1n) is 12.1. The van der Waals surface area contributed by atoms with Crippen LogP contribution in [-0.4, -0.2) is 52.5 Å². The van der Waals surface area contributed by atoms with Crippen LogP contribution >= 0.6 is 0 Å². The van der Waals surface area contributed by atoms with Crippen molar-refractivity contribution in [1.29, 1.82) is 0 Å². The third-order valence-electron chi connectivity index (χ3n) is 6.21. The Labute approximate surface area is 209 Å². The molecule has 2 aromatic carbocycles. The number of H-pyrrole nitrogens is 1. The van der Waals surface area contributed by atoms with Crippen molar-refractivity contribution >= 4 is 28.7 Å². The third kappa shape index (κ3) is 5.58. The van der Waals surface area contributed by atoms with Crippen LogP contribution in [0.2, 0.25) is 0 Å². The van der Waals surface area contributed by atoms with Gasteiger partial charge < -0.3 is 14.5 Å². The van der Waals surface area contributed by atoms with E-state index in [1.165, 1.54) is 17.0 Å². The van der Waals surface area contributed by atoms with E-state index in [-0.39, 0.29) is 30.5 Å². The molecular weight excluding hydrogens is 463 g/mol. The number of hydrogen-bond donors (Lipinski definition) is 1. The maximum absolute atomic E-state index is 13.7. The normalized spacial score (nSPS) is 17.9. The Morgan fingerprint density at radius 3 is 2.47 bits per heavy atom. The summed E-state index contributed by atoms with van der Waals surface area (Å²) in [6, 6.07) is 12.5. The number of benzene rings is 2. The zero-order valence-corrected chi connectivity index (χ0v) is 21.0. The molecule has 1 aliphatic heterocycles. The molecule has 2 heterocycles. The summed E-state index contributed by atoms with van der Waals surface area (Å²) in [7, 11) is 0. The smallest absolute Gasteiger partial charge is 0.410 e. The Hall–Kier alpha value is -3.68. The molecule has 0 spiro atoms. The van der Waals surface area contributed by atoms with E-state index in [9.17, 15) is 18.8 Å². The average Bonchev–Trinajstić information content (AvgIpc) is 3.43. The lowest BCUT2D eigenvalue weighted by Gasteiger charge is -2.30. The summed E-state index contributed by atoms with van der Waals surface area (Å²) in [6.07, 6.45) is 0.129. The van der Waals surface area contributed by atoms with E-state index in [4.69, 9.17) is 9.47 Å². The van der Waals surface area contributed by atoms with Crippen LogP contribution in [-0.2, 0) is 20.7 Å². The summed E-state index contributed by atoms with van der Waals surface area (Å²) in [5, 5.41) is 0.786. The zero-order chi connectivity index (χ0) is 26.0. The molecule has 0 radical (unpaired) electrons. The first-order chi connectivity index (χ1) is 17.1. The number of hydrogen-bond acceptors (Lipinski definition) is 5. The molecule has 1 saturated heterocycles. The second-order valence-electron chi connectivity index (χ2n) is 10.0. The number of rotatable bonds is 6. The minimum absolute atomic E-state index is 0.0948. The number of ether oxygens (including phenoxy) is 2. The molecule has 1 aromatic heterocycles. The molecule has 0 saturated carbocycles.